The molecule has 2 aliphatic heterocycles. The normalized spacial score (nSPS) is 17.8. The van der Waals surface area contributed by atoms with Crippen molar-refractivity contribution in [3.05, 3.63) is 23.8 Å². The summed E-state index contributed by atoms with van der Waals surface area (Å²) in [5.74, 6) is 0. The van der Waals surface area contributed by atoms with E-state index in [1.165, 1.54) is 42.9 Å². The maximum absolute atomic E-state index is 10.6. The van der Waals surface area contributed by atoms with Crippen LogP contribution in [0.25, 0.3) is 0 Å². The maximum Gasteiger partial charge on any atom is 0.120 e. The minimum atomic E-state index is 0. The van der Waals surface area contributed by atoms with E-state index in [2.05, 4.69) is 38.6 Å². The number of carbonyl (C=O) groups is 1. The number of halogens is 1. The Morgan fingerprint density at radius 1 is 1.08 bits per heavy atom. The zero-order valence-electron chi connectivity index (χ0n) is 15.7. The summed E-state index contributed by atoms with van der Waals surface area (Å²) in [7, 11) is 0. The molecule has 26 heavy (non-hydrogen) atoms. The van der Waals surface area contributed by atoms with Crippen molar-refractivity contribution >= 4 is 30.1 Å². The van der Waals surface area contributed by atoms with Gasteiger partial charge in [0.2, 0.25) is 0 Å². The second-order valence-electron chi connectivity index (χ2n) is 7.16. The molecule has 1 aromatic rings. The Morgan fingerprint density at radius 3 is 2.58 bits per heavy atom. The van der Waals surface area contributed by atoms with Crippen LogP contribution in [0.5, 0.6) is 0 Å². The third-order valence-corrected chi connectivity index (χ3v) is 5.20. The number of unbranched alkanes of at least 4 members (excludes halogenated alkanes) is 1. The zero-order chi connectivity index (χ0) is 17.3. The average molecular weight is 381 g/mol. The lowest BCUT2D eigenvalue weighted by Gasteiger charge is -2.30. The summed E-state index contributed by atoms with van der Waals surface area (Å²) in [6, 6.07) is 6.86. The smallest absolute Gasteiger partial charge is 0.120 e. The van der Waals surface area contributed by atoms with Crippen LogP contribution >= 0.6 is 12.4 Å². The quantitative estimate of drug-likeness (QED) is 0.509. The van der Waals surface area contributed by atoms with Crippen molar-refractivity contribution in [1.82, 2.24) is 10.2 Å². The van der Waals surface area contributed by atoms with Crippen molar-refractivity contribution in [3.8, 4) is 0 Å². The van der Waals surface area contributed by atoms with Gasteiger partial charge in [0.15, 0.2) is 0 Å². The number of aldehydes is 1. The Kier molecular flexibility index (Phi) is 9.23. The van der Waals surface area contributed by atoms with E-state index in [1.807, 2.05) is 0 Å². The van der Waals surface area contributed by atoms with Crippen LogP contribution in [-0.4, -0.2) is 63.5 Å². The minimum absolute atomic E-state index is 0. The SMILES string of the molecule is Cl.O=CCCCc1cc(NCCN2CCCC2)cc(N2CCNCC2)c1. The van der Waals surface area contributed by atoms with Crippen molar-refractivity contribution < 1.29 is 4.79 Å². The fourth-order valence-electron chi connectivity index (χ4n) is 3.78. The molecule has 0 amide bonds. The Hall–Kier alpha value is -1.30. The number of benzene rings is 1. The fourth-order valence-corrected chi connectivity index (χ4v) is 3.78. The maximum atomic E-state index is 10.6. The van der Waals surface area contributed by atoms with Gasteiger partial charge >= 0.3 is 0 Å². The summed E-state index contributed by atoms with van der Waals surface area (Å²) in [4.78, 5) is 15.6. The second kappa shape index (κ2) is 11.4. The zero-order valence-corrected chi connectivity index (χ0v) is 16.5. The molecule has 0 radical (unpaired) electrons. The molecule has 2 fully saturated rings. The van der Waals surface area contributed by atoms with Crippen LogP contribution in [-0.2, 0) is 11.2 Å². The molecule has 3 rings (SSSR count). The van der Waals surface area contributed by atoms with Gasteiger partial charge < -0.3 is 25.2 Å². The predicted octanol–water partition coefficient (Wildman–Crippen LogP) is 2.55. The number of carbonyl (C=O) groups excluding carboxylic acids is 1. The first-order valence-electron chi connectivity index (χ1n) is 9.84. The number of rotatable bonds is 9. The molecule has 2 heterocycles. The largest absolute Gasteiger partial charge is 0.384 e. The number of nitrogens with zero attached hydrogens (tertiary/aromatic N) is 2. The highest BCUT2D eigenvalue weighted by atomic mass is 35.5. The molecule has 2 saturated heterocycles. The van der Waals surface area contributed by atoms with Crippen LogP contribution in [0.1, 0.15) is 31.2 Å². The summed E-state index contributed by atoms with van der Waals surface area (Å²) < 4.78 is 0. The molecular weight excluding hydrogens is 348 g/mol. The molecule has 0 bridgehead atoms. The molecule has 2 N–H and O–H groups in total. The topological polar surface area (TPSA) is 47.6 Å². The highest BCUT2D eigenvalue weighted by molar-refractivity contribution is 5.85. The van der Waals surface area contributed by atoms with Gasteiger partial charge in [-0.1, -0.05) is 0 Å². The van der Waals surface area contributed by atoms with Crippen molar-refractivity contribution in [2.45, 2.75) is 32.1 Å². The molecule has 1 aromatic carbocycles. The molecule has 0 saturated carbocycles. The van der Waals surface area contributed by atoms with Crippen molar-refractivity contribution in [2.75, 3.05) is 62.6 Å². The van der Waals surface area contributed by atoms with Gasteiger partial charge in [-0.3, -0.25) is 0 Å². The Bertz CT molecular complexity index is 543. The second-order valence-corrected chi connectivity index (χ2v) is 7.16. The lowest BCUT2D eigenvalue weighted by atomic mass is 10.1. The number of piperazine rings is 1. The summed E-state index contributed by atoms with van der Waals surface area (Å²) in [6.45, 7) is 8.84. The van der Waals surface area contributed by atoms with Crippen LogP contribution in [0.4, 0.5) is 11.4 Å². The summed E-state index contributed by atoms with van der Waals surface area (Å²) in [6.07, 6.45) is 6.27. The van der Waals surface area contributed by atoms with E-state index >= 15 is 0 Å². The van der Waals surface area contributed by atoms with Gasteiger partial charge in [-0.25, -0.2) is 0 Å². The number of anilines is 2. The van der Waals surface area contributed by atoms with Crippen LogP contribution in [0.15, 0.2) is 18.2 Å². The lowest BCUT2D eigenvalue weighted by molar-refractivity contribution is -0.107. The van der Waals surface area contributed by atoms with E-state index in [1.54, 1.807) is 0 Å². The lowest BCUT2D eigenvalue weighted by Crippen LogP contribution is -2.43. The predicted molar refractivity (Wildman–Crippen MR) is 112 cm³/mol. The van der Waals surface area contributed by atoms with E-state index in [0.29, 0.717) is 6.42 Å². The number of aryl methyl sites for hydroxylation is 1. The number of likely N-dealkylation sites (tertiary alicyclic amines) is 1. The van der Waals surface area contributed by atoms with Crippen molar-refractivity contribution in [2.24, 2.45) is 0 Å². The van der Waals surface area contributed by atoms with Crippen molar-refractivity contribution in [1.29, 1.82) is 0 Å². The molecule has 0 spiro atoms. The summed E-state index contributed by atoms with van der Waals surface area (Å²) >= 11 is 0. The van der Waals surface area contributed by atoms with Crippen LogP contribution in [0, 0.1) is 0 Å². The Balaban J connectivity index is 0.00000243. The molecule has 5 nitrogen and oxygen atoms in total. The Labute approximate surface area is 163 Å². The summed E-state index contributed by atoms with van der Waals surface area (Å²) in [5.41, 5.74) is 3.87. The van der Waals surface area contributed by atoms with Gasteiger partial charge in [0.1, 0.15) is 6.29 Å². The van der Waals surface area contributed by atoms with Gasteiger partial charge in [-0.15, -0.1) is 12.4 Å². The van der Waals surface area contributed by atoms with Gasteiger partial charge in [0, 0.05) is 57.1 Å². The highest BCUT2D eigenvalue weighted by Gasteiger charge is 2.13. The molecule has 0 aromatic heterocycles. The third-order valence-electron chi connectivity index (χ3n) is 5.20. The number of hydrogen-bond acceptors (Lipinski definition) is 5. The first-order valence-corrected chi connectivity index (χ1v) is 9.84. The molecule has 6 heteroatoms. The molecule has 2 aliphatic rings. The molecule has 146 valence electrons. The number of nitrogens with one attached hydrogen (secondary N) is 2. The monoisotopic (exact) mass is 380 g/mol. The molecule has 0 unspecified atom stereocenters. The van der Waals surface area contributed by atoms with E-state index in [0.717, 1.165) is 58.4 Å². The van der Waals surface area contributed by atoms with E-state index in [-0.39, 0.29) is 12.4 Å². The van der Waals surface area contributed by atoms with E-state index in [4.69, 9.17) is 0 Å². The average Bonchev–Trinajstić information content (AvgIpc) is 3.16. The van der Waals surface area contributed by atoms with Crippen molar-refractivity contribution in [3.63, 3.8) is 0 Å². The highest BCUT2D eigenvalue weighted by Crippen LogP contribution is 2.24. The van der Waals surface area contributed by atoms with Crippen LogP contribution < -0.4 is 15.5 Å². The van der Waals surface area contributed by atoms with Gasteiger partial charge in [-0.05, 0) is 62.5 Å². The van der Waals surface area contributed by atoms with Crippen LogP contribution in [0.3, 0.4) is 0 Å². The molecular formula is C20H33ClN4O. The number of hydrogen-bond donors (Lipinski definition) is 2. The summed E-state index contributed by atoms with van der Waals surface area (Å²) in [5, 5.41) is 7.05. The Morgan fingerprint density at radius 2 is 1.85 bits per heavy atom. The fraction of sp³-hybridized carbons (Fsp3) is 0.650. The first-order chi connectivity index (χ1) is 12.3. The van der Waals surface area contributed by atoms with E-state index in [9.17, 15) is 4.79 Å². The van der Waals surface area contributed by atoms with Crippen LogP contribution in [0.2, 0.25) is 0 Å². The standard InChI is InChI=1S/C20H32N4O.ClH/c25-14-4-1-5-18-15-19(22-8-11-23-9-2-3-10-23)17-20(16-18)24-12-6-21-7-13-24;/h14-17,21-22H,1-13H2;1H. The van der Waals surface area contributed by atoms with Gasteiger partial charge in [0.25, 0.3) is 0 Å². The molecule has 0 aliphatic carbocycles. The minimum Gasteiger partial charge on any atom is -0.384 e. The van der Waals surface area contributed by atoms with Gasteiger partial charge in [-0.2, -0.15) is 0 Å². The molecule has 0 atom stereocenters. The third kappa shape index (κ3) is 6.45. The van der Waals surface area contributed by atoms with E-state index < -0.39 is 0 Å². The first kappa shape index (κ1) is 21.0. The van der Waals surface area contributed by atoms with Gasteiger partial charge in [0.05, 0.1) is 0 Å².